The monoisotopic (exact) mass is 269 g/mol. The molecule has 0 bridgehead atoms. The van der Waals surface area contributed by atoms with E-state index < -0.39 is 4.92 Å². The van der Waals surface area contributed by atoms with Gasteiger partial charge in [0.15, 0.2) is 0 Å². The van der Waals surface area contributed by atoms with Crippen molar-refractivity contribution in [3.8, 4) is 6.07 Å². The number of nitrogens with zero attached hydrogens (tertiary/aromatic N) is 4. The molecule has 7 nitrogen and oxygen atoms in total. The summed E-state index contributed by atoms with van der Waals surface area (Å²) in [5, 5.41) is 22.6. The maximum absolute atomic E-state index is 10.6. The van der Waals surface area contributed by atoms with Gasteiger partial charge in [-0.3, -0.25) is 15.1 Å². The minimum atomic E-state index is -0.583. The predicted molar refractivity (Wildman–Crippen MR) is 71.9 cm³/mol. The van der Waals surface area contributed by atoms with Gasteiger partial charge < -0.3 is 5.32 Å². The zero-order valence-electron chi connectivity index (χ0n) is 10.7. The number of nitriles is 1. The summed E-state index contributed by atoms with van der Waals surface area (Å²) in [7, 11) is 0. The number of nitrogens with one attached hydrogen (secondary N) is 1. The number of rotatable bonds is 4. The van der Waals surface area contributed by atoms with Crippen LogP contribution in [-0.4, -0.2) is 14.9 Å². The molecule has 2 heterocycles. The lowest BCUT2D eigenvalue weighted by molar-refractivity contribution is -0.385. The van der Waals surface area contributed by atoms with Crippen LogP contribution < -0.4 is 5.32 Å². The van der Waals surface area contributed by atoms with Crippen molar-refractivity contribution in [3.63, 3.8) is 0 Å². The van der Waals surface area contributed by atoms with E-state index in [1.54, 1.807) is 6.20 Å². The average Bonchev–Trinajstić information content (AvgIpc) is 2.46. The maximum atomic E-state index is 10.6. The van der Waals surface area contributed by atoms with Crippen LogP contribution in [0.2, 0.25) is 0 Å². The van der Waals surface area contributed by atoms with Gasteiger partial charge in [-0.15, -0.1) is 0 Å². The lowest BCUT2D eigenvalue weighted by Gasteiger charge is -2.08. The molecular weight excluding hydrogens is 258 g/mol. The summed E-state index contributed by atoms with van der Waals surface area (Å²) in [4.78, 5) is 18.2. The maximum Gasteiger partial charge on any atom is 0.289 e. The average molecular weight is 269 g/mol. The Hall–Kier alpha value is -3.01. The van der Waals surface area contributed by atoms with Crippen molar-refractivity contribution in [1.29, 1.82) is 5.26 Å². The molecule has 0 aliphatic carbocycles. The highest BCUT2D eigenvalue weighted by Gasteiger charge is 2.12. The van der Waals surface area contributed by atoms with Gasteiger partial charge in [0, 0.05) is 12.3 Å². The second-order valence-electron chi connectivity index (χ2n) is 4.08. The smallest absolute Gasteiger partial charge is 0.289 e. The quantitative estimate of drug-likeness (QED) is 0.673. The number of nitro groups is 1. The zero-order chi connectivity index (χ0) is 14.5. The molecule has 0 amide bonds. The van der Waals surface area contributed by atoms with E-state index in [1.165, 1.54) is 6.07 Å². The second-order valence-corrected chi connectivity index (χ2v) is 4.08. The van der Waals surface area contributed by atoms with Crippen molar-refractivity contribution in [2.45, 2.75) is 13.5 Å². The van der Waals surface area contributed by atoms with Gasteiger partial charge in [-0.1, -0.05) is 6.07 Å². The first-order valence-corrected chi connectivity index (χ1v) is 5.80. The summed E-state index contributed by atoms with van der Waals surface area (Å²) in [6, 6.07) is 6.85. The van der Waals surface area contributed by atoms with Gasteiger partial charge in [0.25, 0.3) is 5.69 Å². The van der Waals surface area contributed by atoms with E-state index in [9.17, 15) is 10.1 Å². The van der Waals surface area contributed by atoms with Crippen LogP contribution in [0.4, 0.5) is 11.5 Å². The Morgan fingerprint density at radius 2 is 2.30 bits per heavy atom. The molecule has 0 aliphatic heterocycles. The van der Waals surface area contributed by atoms with Crippen LogP contribution >= 0.6 is 0 Å². The van der Waals surface area contributed by atoms with E-state index in [0.717, 1.165) is 17.5 Å². The van der Waals surface area contributed by atoms with Gasteiger partial charge in [-0.25, -0.2) is 4.98 Å². The van der Waals surface area contributed by atoms with Crippen LogP contribution in [0.15, 0.2) is 30.6 Å². The van der Waals surface area contributed by atoms with Crippen LogP contribution in [0.25, 0.3) is 0 Å². The normalized spacial score (nSPS) is 9.80. The summed E-state index contributed by atoms with van der Waals surface area (Å²) in [6.45, 7) is 2.32. The van der Waals surface area contributed by atoms with Crippen molar-refractivity contribution >= 4 is 11.5 Å². The highest BCUT2D eigenvalue weighted by molar-refractivity contribution is 5.55. The van der Waals surface area contributed by atoms with E-state index in [-0.39, 0.29) is 11.3 Å². The topological polar surface area (TPSA) is 105 Å². The molecule has 0 fully saturated rings. The van der Waals surface area contributed by atoms with Crippen molar-refractivity contribution < 1.29 is 4.92 Å². The number of anilines is 1. The molecule has 0 spiro atoms. The lowest BCUT2D eigenvalue weighted by Crippen LogP contribution is -2.06. The molecule has 0 radical (unpaired) electrons. The summed E-state index contributed by atoms with van der Waals surface area (Å²) in [5.41, 5.74) is 1.77. The SMILES string of the molecule is Cc1cccnc1CNc1ncc([N+](=O)[O-])cc1C#N. The van der Waals surface area contributed by atoms with Gasteiger partial charge in [-0.05, 0) is 18.6 Å². The zero-order valence-corrected chi connectivity index (χ0v) is 10.7. The van der Waals surface area contributed by atoms with Gasteiger partial charge in [0.1, 0.15) is 23.6 Å². The van der Waals surface area contributed by atoms with Crippen molar-refractivity contribution in [3.05, 3.63) is 57.5 Å². The number of hydrogen-bond donors (Lipinski definition) is 1. The minimum Gasteiger partial charge on any atom is -0.363 e. The van der Waals surface area contributed by atoms with E-state index in [2.05, 4.69) is 15.3 Å². The van der Waals surface area contributed by atoms with Crippen LogP contribution in [-0.2, 0) is 6.54 Å². The molecule has 0 aliphatic rings. The molecular formula is C13H11N5O2. The number of hydrogen-bond acceptors (Lipinski definition) is 6. The summed E-state index contributed by atoms with van der Waals surface area (Å²) >= 11 is 0. The summed E-state index contributed by atoms with van der Waals surface area (Å²) in [5.74, 6) is 0.308. The van der Waals surface area contributed by atoms with Crippen molar-refractivity contribution in [1.82, 2.24) is 9.97 Å². The standard InChI is InChI=1S/C13H11N5O2/c1-9-3-2-4-15-12(9)8-17-13-10(6-14)5-11(7-16-13)18(19)20/h2-5,7H,8H2,1H3,(H,16,17). The molecule has 100 valence electrons. The van der Waals surface area contributed by atoms with Crippen molar-refractivity contribution in [2.75, 3.05) is 5.32 Å². The first kappa shape index (κ1) is 13.4. The van der Waals surface area contributed by atoms with E-state index in [4.69, 9.17) is 5.26 Å². The molecule has 7 heteroatoms. The molecule has 0 saturated heterocycles. The Labute approximate surface area is 115 Å². The third-order valence-electron chi connectivity index (χ3n) is 2.75. The van der Waals surface area contributed by atoms with Crippen LogP contribution in [0.1, 0.15) is 16.8 Å². The molecule has 20 heavy (non-hydrogen) atoms. The number of aryl methyl sites for hydroxylation is 1. The van der Waals surface area contributed by atoms with E-state index in [1.807, 2.05) is 25.1 Å². The molecule has 2 aromatic rings. The largest absolute Gasteiger partial charge is 0.363 e. The summed E-state index contributed by atoms with van der Waals surface area (Å²) in [6.07, 6.45) is 2.80. The van der Waals surface area contributed by atoms with Crippen LogP contribution in [0, 0.1) is 28.4 Å². The third kappa shape index (κ3) is 2.87. The van der Waals surface area contributed by atoms with E-state index >= 15 is 0 Å². The molecule has 1 N–H and O–H groups in total. The highest BCUT2D eigenvalue weighted by Crippen LogP contribution is 2.18. The first-order chi connectivity index (χ1) is 9.61. The van der Waals surface area contributed by atoms with Crippen LogP contribution in [0.5, 0.6) is 0 Å². The Balaban J connectivity index is 2.20. The Morgan fingerprint density at radius 3 is 2.95 bits per heavy atom. The molecule has 2 rings (SSSR count). The Bertz CT molecular complexity index is 693. The molecule has 0 unspecified atom stereocenters. The fourth-order valence-corrected chi connectivity index (χ4v) is 1.65. The number of aromatic nitrogens is 2. The minimum absolute atomic E-state index is 0.132. The highest BCUT2D eigenvalue weighted by atomic mass is 16.6. The van der Waals surface area contributed by atoms with Gasteiger partial charge >= 0.3 is 0 Å². The molecule has 0 aromatic carbocycles. The van der Waals surface area contributed by atoms with E-state index in [0.29, 0.717) is 12.4 Å². The van der Waals surface area contributed by atoms with Crippen LogP contribution in [0.3, 0.4) is 0 Å². The summed E-state index contributed by atoms with van der Waals surface area (Å²) < 4.78 is 0. The fourth-order valence-electron chi connectivity index (χ4n) is 1.65. The molecule has 0 saturated carbocycles. The Morgan fingerprint density at radius 1 is 1.50 bits per heavy atom. The first-order valence-electron chi connectivity index (χ1n) is 5.80. The van der Waals surface area contributed by atoms with Gasteiger partial charge in [-0.2, -0.15) is 5.26 Å². The molecule has 0 atom stereocenters. The lowest BCUT2D eigenvalue weighted by atomic mass is 10.2. The van der Waals surface area contributed by atoms with Gasteiger partial charge in [0.2, 0.25) is 0 Å². The van der Waals surface area contributed by atoms with Gasteiger partial charge in [0.05, 0.1) is 17.2 Å². The predicted octanol–water partition coefficient (Wildman–Crippen LogP) is 2.18. The second kappa shape index (κ2) is 5.75. The van der Waals surface area contributed by atoms with Crippen molar-refractivity contribution in [2.24, 2.45) is 0 Å². The Kier molecular flexibility index (Phi) is 3.86. The fraction of sp³-hybridized carbons (Fsp3) is 0.154. The third-order valence-corrected chi connectivity index (χ3v) is 2.75. The molecule has 2 aromatic heterocycles. The number of pyridine rings is 2.